The molecule has 3 aromatic carbocycles. The van der Waals surface area contributed by atoms with Crippen LogP contribution in [0.15, 0.2) is 78.9 Å². The number of hydrazine groups is 1. The summed E-state index contributed by atoms with van der Waals surface area (Å²) in [5.41, 5.74) is 3.35. The highest BCUT2D eigenvalue weighted by molar-refractivity contribution is 6.74. The predicted molar refractivity (Wildman–Crippen MR) is 197 cm³/mol. The fraction of sp³-hybridized carbons (Fsp3) is 0.525. The van der Waals surface area contributed by atoms with Gasteiger partial charge in [0.1, 0.15) is 11.5 Å². The molecule has 1 aliphatic heterocycles. The topological polar surface area (TPSA) is 54.5 Å². The summed E-state index contributed by atoms with van der Waals surface area (Å²) in [6.07, 6.45) is 6.78. The van der Waals surface area contributed by atoms with Crippen molar-refractivity contribution in [3.05, 3.63) is 95.6 Å². The van der Waals surface area contributed by atoms with Gasteiger partial charge in [-0.15, -0.1) is 0 Å². The molecule has 3 aromatic rings. The highest BCUT2D eigenvalue weighted by Crippen LogP contribution is 2.39. The van der Waals surface area contributed by atoms with Crippen molar-refractivity contribution in [1.82, 2.24) is 14.9 Å². The second kappa shape index (κ2) is 15.9. The summed E-state index contributed by atoms with van der Waals surface area (Å²) < 4.78 is 18.4. The van der Waals surface area contributed by atoms with E-state index in [1.807, 2.05) is 29.3 Å². The molecule has 0 spiro atoms. The average Bonchev–Trinajstić information content (AvgIpc) is 3.16. The van der Waals surface area contributed by atoms with E-state index in [0.29, 0.717) is 25.6 Å². The standard InChI is InChI=1S/C40H57N3O4Si/c1-40(2,3)48(6,7)47-38-30-41(27-32-16-12-9-13-17-32)43(29-34-20-24-36(46-5)25-21-34)39(44)42(28-33-18-22-35(45-4)23-19-33)37(38)26-31-14-10-8-11-15-31/h8,10-11,14-15,18-25,32,37-38H,9,12-13,16-17,26-30H2,1-7H3/t37-,38-/m0/s1. The Morgan fingerprint density at radius 1 is 0.750 bits per heavy atom. The van der Waals surface area contributed by atoms with Gasteiger partial charge in [-0.3, -0.25) is 5.01 Å². The molecule has 8 heteroatoms. The molecule has 0 aromatic heterocycles. The Bertz CT molecular complexity index is 1440. The maximum absolute atomic E-state index is 15.3. The summed E-state index contributed by atoms with van der Waals surface area (Å²) in [7, 11) is 1.14. The molecule has 5 rings (SSSR count). The quantitative estimate of drug-likeness (QED) is 0.180. The number of rotatable bonds is 12. The van der Waals surface area contributed by atoms with Crippen molar-refractivity contribution in [2.75, 3.05) is 27.3 Å². The van der Waals surface area contributed by atoms with Crippen LogP contribution < -0.4 is 9.47 Å². The molecule has 1 aliphatic carbocycles. The summed E-state index contributed by atoms with van der Waals surface area (Å²) in [4.78, 5) is 17.4. The Morgan fingerprint density at radius 2 is 1.31 bits per heavy atom. The fourth-order valence-corrected chi connectivity index (χ4v) is 8.17. The fourth-order valence-electron chi connectivity index (χ4n) is 6.83. The summed E-state index contributed by atoms with van der Waals surface area (Å²) in [5, 5.41) is 4.43. The van der Waals surface area contributed by atoms with Gasteiger partial charge in [0.25, 0.3) is 0 Å². The molecular weight excluding hydrogens is 615 g/mol. The van der Waals surface area contributed by atoms with E-state index < -0.39 is 8.32 Å². The Balaban J connectivity index is 1.61. The van der Waals surface area contributed by atoms with Gasteiger partial charge in [0.15, 0.2) is 8.32 Å². The van der Waals surface area contributed by atoms with Crippen LogP contribution in [0.2, 0.25) is 18.1 Å². The lowest BCUT2D eigenvalue weighted by Crippen LogP contribution is -2.54. The van der Waals surface area contributed by atoms with Crippen LogP contribution >= 0.6 is 0 Å². The molecule has 2 fully saturated rings. The van der Waals surface area contributed by atoms with Crippen molar-refractivity contribution in [3.63, 3.8) is 0 Å². The van der Waals surface area contributed by atoms with Crippen LogP contribution in [-0.2, 0) is 23.9 Å². The lowest BCUT2D eigenvalue weighted by Gasteiger charge is -2.43. The molecule has 0 bridgehead atoms. The molecule has 7 nitrogen and oxygen atoms in total. The normalized spacial score (nSPS) is 20.1. The number of hydrogen-bond acceptors (Lipinski definition) is 5. The molecule has 1 heterocycles. The van der Waals surface area contributed by atoms with Crippen LogP contribution in [0.4, 0.5) is 4.79 Å². The Kier molecular flexibility index (Phi) is 11.9. The number of ether oxygens (including phenoxy) is 2. The van der Waals surface area contributed by atoms with Gasteiger partial charge in [-0.1, -0.05) is 94.6 Å². The van der Waals surface area contributed by atoms with Crippen LogP contribution in [0.25, 0.3) is 0 Å². The molecular formula is C40H57N3O4Si. The minimum absolute atomic E-state index is 0.0262. The molecule has 2 amide bonds. The second-order valence-electron chi connectivity index (χ2n) is 15.2. The lowest BCUT2D eigenvalue weighted by molar-refractivity contribution is -0.0265. The van der Waals surface area contributed by atoms with Gasteiger partial charge in [0.2, 0.25) is 0 Å². The van der Waals surface area contributed by atoms with E-state index in [4.69, 9.17) is 13.9 Å². The number of amides is 2. The highest BCUT2D eigenvalue weighted by Gasteiger charge is 2.46. The van der Waals surface area contributed by atoms with Crippen molar-refractivity contribution in [2.45, 2.75) is 103 Å². The first-order valence-corrected chi connectivity index (χ1v) is 20.7. The molecule has 2 aliphatic rings. The van der Waals surface area contributed by atoms with Crippen molar-refractivity contribution in [1.29, 1.82) is 0 Å². The van der Waals surface area contributed by atoms with Gasteiger partial charge in [-0.25, -0.2) is 9.80 Å². The molecule has 2 atom stereocenters. The van der Waals surface area contributed by atoms with Gasteiger partial charge in [-0.05, 0) is 84.3 Å². The summed E-state index contributed by atoms with van der Waals surface area (Å²) >= 11 is 0. The van der Waals surface area contributed by atoms with E-state index in [-0.39, 0.29) is 23.2 Å². The minimum Gasteiger partial charge on any atom is -0.497 e. The molecule has 0 radical (unpaired) electrons. The Hall–Kier alpha value is -3.33. The van der Waals surface area contributed by atoms with Crippen molar-refractivity contribution >= 4 is 14.3 Å². The maximum atomic E-state index is 15.3. The number of hydrogen-bond donors (Lipinski definition) is 0. The summed E-state index contributed by atoms with van der Waals surface area (Å²) in [6, 6.07) is 26.7. The first-order valence-electron chi connectivity index (χ1n) is 17.8. The van der Waals surface area contributed by atoms with Gasteiger partial charge in [0.05, 0.1) is 32.9 Å². The third-order valence-corrected chi connectivity index (χ3v) is 15.3. The highest BCUT2D eigenvalue weighted by atomic mass is 28.4. The van der Waals surface area contributed by atoms with Gasteiger partial charge in [-0.2, -0.15) is 0 Å². The SMILES string of the molecule is COc1ccc(CN2C(=O)N(Cc3ccc(OC)cc3)N(CC3CCCCC3)C[C@H](O[Si](C)(C)C(C)(C)C)[C@@H]2Cc2ccccc2)cc1. The molecule has 1 saturated heterocycles. The zero-order valence-corrected chi connectivity index (χ0v) is 31.3. The van der Waals surface area contributed by atoms with Crippen LogP contribution in [-0.4, -0.2) is 68.7 Å². The van der Waals surface area contributed by atoms with E-state index in [2.05, 4.69) is 98.4 Å². The van der Waals surface area contributed by atoms with Gasteiger partial charge < -0.3 is 18.8 Å². The number of methoxy groups -OCH3 is 2. The van der Waals surface area contributed by atoms with Crippen molar-refractivity contribution in [2.24, 2.45) is 5.92 Å². The molecule has 48 heavy (non-hydrogen) atoms. The van der Waals surface area contributed by atoms with Crippen LogP contribution in [0.1, 0.15) is 69.6 Å². The average molecular weight is 672 g/mol. The molecule has 0 unspecified atom stereocenters. The zero-order chi connectivity index (χ0) is 34.3. The third-order valence-electron chi connectivity index (χ3n) is 10.8. The number of urea groups is 1. The lowest BCUT2D eigenvalue weighted by atomic mass is 9.89. The number of nitrogens with zero attached hydrogens (tertiary/aromatic N) is 3. The molecule has 1 saturated carbocycles. The number of carbonyl (C=O) groups is 1. The van der Waals surface area contributed by atoms with Crippen molar-refractivity contribution < 1.29 is 18.7 Å². The largest absolute Gasteiger partial charge is 0.497 e. The van der Waals surface area contributed by atoms with Crippen LogP contribution in [0.5, 0.6) is 11.5 Å². The predicted octanol–water partition coefficient (Wildman–Crippen LogP) is 8.94. The van der Waals surface area contributed by atoms with Gasteiger partial charge >= 0.3 is 6.03 Å². The smallest absolute Gasteiger partial charge is 0.335 e. The second-order valence-corrected chi connectivity index (χ2v) is 20.0. The first kappa shape index (κ1) is 36.0. The maximum Gasteiger partial charge on any atom is 0.335 e. The van der Waals surface area contributed by atoms with E-state index in [1.54, 1.807) is 14.2 Å². The summed E-state index contributed by atoms with van der Waals surface area (Å²) in [6.45, 7) is 14.1. The summed E-state index contributed by atoms with van der Waals surface area (Å²) in [5.74, 6) is 2.17. The Morgan fingerprint density at radius 3 is 1.85 bits per heavy atom. The number of benzene rings is 3. The minimum atomic E-state index is -2.23. The van der Waals surface area contributed by atoms with Crippen molar-refractivity contribution in [3.8, 4) is 11.5 Å². The third kappa shape index (κ3) is 9.01. The van der Waals surface area contributed by atoms with E-state index in [0.717, 1.165) is 35.6 Å². The number of carbonyl (C=O) groups excluding carboxylic acids is 1. The molecule has 0 N–H and O–H groups in total. The molecule has 260 valence electrons. The van der Waals surface area contributed by atoms with E-state index in [1.165, 1.54) is 37.7 Å². The first-order chi connectivity index (χ1) is 23.0. The van der Waals surface area contributed by atoms with E-state index >= 15 is 4.79 Å². The monoisotopic (exact) mass is 671 g/mol. The van der Waals surface area contributed by atoms with Crippen LogP contribution in [0.3, 0.4) is 0 Å². The van der Waals surface area contributed by atoms with Gasteiger partial charge in [0, 0.05) is 19.6 Å². The Labute approximate surface area is 290 Å². The van der Waals surface area contributed by atoms with Crippen LogP contribution in [0, 0.1) is 5.92 Å². The zero-order valence-electron chi connectivity index (χ0n) is 30.3. The van der Waals surface area contributed by atoms with E-state index in [9.17, 15) is 0 Å².